The molecule has 189 valence electrons. The summed E-state index contributed by atoms with van der Waals surface area (Å²) in [5.74, 6) is 1.19. The van der Waals surface area contributed by atoms with E-state index in [0.29, 0.717) is 23.7 Å². The van der Waals surface area contributed by atoms with Gasteiger partial charge in [0, 0.05) is 5.41 Å². The molecule has 0 amide bonds. The molecule has 4 rings (SSSR count). The predicted molar refractivity (Wildman–Crippen MR) is 124 cm³/mol. The number of fused-ring (bicyclic) bond motifs is 5. The van der Waals surface area contributed by atoms with Gasteiger partial charge in [0.25, 0.3) is 0 Å². The van der Waals surface area contributed by atoms with Crippen molar-refractivity contribution in [2.45, 2.75) is 110 Å². The molecule has 0 aliphatic heterocycles. The number of hydrogen-bond donors (Lipinski definition) is 4. The van der Waals surface area contributed by atoms with Crippen molar-refractivity contribution in [1.82, 2.24) is 0 Å². The maximum absolute atomic E-state index is 11.1. The molecule has 4 aliphatic rings. The van der Waals surface area contributed by atoms with Crippen molar-refractivity contribution in [2.75, 3.05) is 0 Å². The summed E-state index contributed by atoms with van der Waals surface area (Å²) in [4.78, 5) is 0. The summed E-state index contributed by atoms with van der Waals surface area (Å²) in [6, 6.07) is 0. The van der Waals surface area contributed by atoms with Crippen molar-refractivity contribution in [1.29, 1.82) is 0 Å². The van der Waals surface area contributed by atoms with E-state index in [1.165, 1.54) is 32.1 Å². The molecule has 0 radical (unpaired) electrons. The average Bonchev–Trinajstić information content (AvgIpc) is 3.12. The van der Waals surface area contributed by atoms with Gasteiger partial charge >= 0.3 is 21.0 Å². The Morgan fingerprint density at radius 1 is 1.03 bits per heavy atom. The van der Waals surface area contributed by atoms with Crippen LogP contribution in [0.5, 0.6) is 0 Å². The summed E-state index contributed by atoms with van der Waals surface area (Å²) in [5, 5.41) is 42.9. The molecule has 0 aromatic heterocycles. The van der Waals surface area contributed by atoms with Gasteiger partial charge in [0.1, 0.15) is 6.10 Å². The third kappa shape index (κ3) is 4.38. The molecule has 3 fully saturated rings. The molecule has 0 saturated heterocycles. The van der Waals surface area contributed by atoms with Crippen LogP contribution >= 0.6 is 0 Å². The van der Waals surface area contributed by atoms with E-state index in [1.807, 2.05) is 6.92 Å². The van der Waals surface area contributed by atoms with Crippen molar-refractivity contribution in [3.8, 4) is 0 Å². The standard InChI is InChI=1S/C27H46O4.O.V/c1-16(2)7-6-8-17(3)20-11-12-21-19-10-9-18-15-23(28)24(29)27(30,31)26(18,5)22(19)13-14-25(20,21)4;;/h9,16-17,19-24,28-31H,6-8,10-15H2,1-5H3;;/t17-,19+,20-,21+,22+,23+,24?,25-,26+;;/m1../s1. The Bertz CT molecular complexity index is 723. The minimum absolute atomic E-state index is 0.151. The van der Waals surface area contributed by atoms with E-state index in [0.717, 1.165) is 60.0 Å². The van der Waals surface area contributed by atoms with Crippen LogP contribution in [0, 0.1) is 46.3 Å². The molecule has 4 N–H and O–H groups in total. The maximum atomic E-state index is 11.1. The topological polar surface area (TPSA) is 98.0 Å². The molecule has 0 bridgehead atoms. The number of allylic oxidation sites excluding steroid dienone is 1. The van der Waals surface area contributed by atoms with Gasteiger partial charge in [0.2, 0.25) is 5.79 Å². The number of hydrogen-bond acceptors (Lipinski definition) is 5. The summed E-state index contributed by atoms with van der Waals surface area (Å²) in [6.45, 7) is 11.6. The van der Waals surface area contributed by atoms with Crippen LogP contribution < -0.4 is 0 Å². The van der Waals surface area contributed by atoms with Crippen LogP contribution in [-0.2, 0) is 21.0 Å². The van der Waals surface area contributed by atoms with Gasteiger partial charge < -0.3 is 20.4 Å². The zero-order chi connectivity index (χ0) is 24.8. The van der Waals surface area contributed by atoms with Crippen LogP contribution in [0.25, 0.3) is 0 Å². The summed E-state index contributed by atoms with van der Waals surface area (Å²) in [7, 11) is 0. The second-order valence-electron chi connectivity index (χ2n) is 12.5. The van der Waals surface area contributed by atoms with Crippen LogP contribution in [0.4, 0.5) is 0 Å². The molecule has 0 spiro atoms. The van der Waals surface area contributed by atoms with Gasteiger partial charge in [0.15, 0.2) is 0 Å². The first-order valence-corrected chi connectivity index (χ1v) is 13.7. The van der Waals surface area contributed by atoms with Gasteiger partial charge in [-0.05, 0) is 79.4 Å². The Hall–Kier alpha value is -0.0356. The number of aliphatic hydroxyl groups excluding tert-OH is 2. The molecular formula is C27H46O5V. The molecule has 0 aromatic carbocycles. The Balaban J connectivity index is 0.00000149. The Labute approximate surface area is 209 Å². The molecular weight excluding hydrogens is 455 g/mol. The van der Waals surface area contributed by atoms with Crippen molar-refractivity contribution in [3.05, 3.63) is 11.6 Å². The molecule has 6 heteroatoms. The SMILES string of the molecule is CC(C)CCC[C@@H](C)[C@H]1CC[C@H]2[C@@H]3CC=C4C[C@H](O)C(O)C(O)(O)[C@]4(C)[C@H]3CC[C@]12C.[O]=[V]. The average molecular weight is 502 g/mol. The van der Waals surface area contributed by atoms with E-state index in [4.69, 9.17) is 3.67 Å². The van der Waals surface area contributed by atoms with E-state index >= 15 is 0 Å². The molecule has 0 heterocycles. The summed E-state index contributed by atoms with van der Waals surface area (Å²) < 4.78 is 8.19. The Morgan fingerprint density at radius 3 is 2.33 bits per heavy atom. The van der Waals surface area contributed by atoms with Crippen molar-refractivity contribution in [2.24, 2.45) is 46.3 Å². The zero-order valence-electron chi connectivity index (χ0n) is 21.2. The molecule has 3 saturated carbocycles. The van der Waals surface area contributed by atoms with E-state index in [-0.39, 0.29) is 5.92 Å². The molecule has 9 atom stereocenters. The monoisotopic (exact) mass is 501 g/mol. The second kappa shape index (κ2) is 10.1. The summed E-state index contributed by atoms with van der Waals surface area (Å²) in [5.41, 5.74) is 0.397. The van der Waals surface area contributed by atoms with E-state index in [2.05, 4.69) is 33.8 Å². The van der Waals surface area contributed by atoms with E-state index in [9.17, 15) is 20.4 Å². The van der Waals surface area contributed by atoms with Crippen LogP contribution in [-0.4, -0.2) is 38.4 Å². The first-order valence-electron chi connectivity index (χ1n) is 13.1. The quantitative estimate of drug-likeness (QED) is 0.328. The number of rotatable bonds is 5. The van der Waals surface area contributed by atoms with Crippen LogP contribution in [0.1, 0.15) is 92.4 Å². The Kier molecular flexibility index (Phi) is 8.47. The first kappa shape index (κ1) is 27.6. The van der Waals surface area contributed by atoms with E-state index in [1.54, 1.807) is 0 Å². The van der Waals surface area contributed by atoms with Crippen LogP contribution in [0.3, 0.4) is 0 Å². The summed E-state index contributed by atoms with van der Waals surface area (Å²) >= 11 is 1.06. The van der Waals surface area contributed by atoms with Crippen molar-refractivity contribution < 1.29 is 41.5 Å². The minimum atomic E-state index is -2.28. The van der Waals surface area contributed by atoms with Crippen molar-refractivity contribution in [3.63, 3.8) is 0 Å². The molecule has 0 aromatic rings. The van der Waals surface area contributed by atoms with Crippen LogP contribution in [0.2, 0.25) is 0 Å². The molecule has 4 aliphatic carbocycles. The van der Waals surface area contributed by atoms with Gasteiger partial charge in [-0.1, -0.05) is 65.5 Å². The predicted octanol–water partition coefficient (Wildman–Crippen LogP) is 4.53. The normalized spacial score (nSPS) is 44.6. The summed E-state index contributed by atoms with van der Waals surface area (Å²) in [6.07, 6.45) is 9.50. The third-order valence-electron chi connectivity index (χ3n) is 10.7. The molecule has 33 heavy (non-hydrogen) atoms. The number of aliphatic hydroxyl groups is 4. The van der Waals surface area contributed by atoms with Crippen molar-refractivity contribution >= 4 is 0 Å². The van der Waals surface area contributed by atoms with Gasteiger partial charge in [-0.3, -0.25) is 0 Å². The van der Waals surface area contributed by atoms with Gasteiger partial charge in [-0.25, -0.2) is 0 Å². The van der Waals surface area contributed by atoms with Gasteiger partial charge in [-0.2, -0.15) is 0 Å². The molecule has 5 nitrogen and oxygen atoms in total. The third-order valence-corrected chi connectivity index (χ3v) is 10.7. The van der Waals surface area contributed by atoms with Gasteiger partial charge in [0.05, 0.1) is 6.10 Å². The Morgan fingerprint density at radius 2 is 1.70 bits per heavy atom. The molecule has 1 unspecified atom stereocenters. The van der Waals surface area contributed by atoms with E-state index < -0.39 is 23.4 Å². The fourth-order valence-electron chi connectivity index (χ4n) is 8.80. The van der Waals surface area contributed by atoms with Crippen LogP contribution in [0.15, 0.2) is 11.6 Å². The first-order chi connectivity index (χ1) is 15.4. The fourth-order valence-corrected chi connectivity index (χ4v) is 8.80. The second-order valence-corrected chi connectivity index (χ2v) is 12.5. The zero-order valence-corrected chi connectivity index (χ0v) is 22.6. The fraction of sp³-hybridized carbons (Fsp3) is 0.926. The van der Waals surface area contributed by atoms with Gasteiger partial charge in [-0.15, -0.1) is 0 Å².